The maximum atomic E-state index is 10.4. The fourth-order valence-corrected chi connectivity index (χ4v) is 1.81. The molecule has 3 heteroatoms. The van der Waals surface area contributed by atoms with Crippen molar-refractivity contribution >= 4 is 5.97 Å². The van der Waals surface area contributed by atoms with Crippen molar-refractivity contribution in [3.63, 3.8) is 0 Å². The number of nitrogens with one attached hydrogen (secondary N) is 1. The number of piperidine rings is 1. The van der Waals surface area contributed by atoms with Gasteiger partial charge in [0, 0.05) is 6.42 Å². The van der Waals surface area contributed by atoms with Gasteiger partial charge >= 0.3 is 5.97 Å². The summed E-state index contributed by atoms with van der Waals surface area (Å²) in [5.74, 6) is 0.207. The smallest absolute Gasteiger partial charge is 0.303 e. The third kappa shape index (κ3) is 2.81. The molecule has 1 fully saturated rings. The minimum Gasteiger partial charge on any atom is -0.481 e. The number of rotatable bonds is 3. The third-order valence-corrected chi connectivity index (χ3v) is 2.64. The second-order valence-electron chi connectivity index (χ2n) is 3.68. The fraction of sp³-hybridized carbons (Fsp3) is 0.889. The zero-order chi connectivity index (χ0) is 8.97. The van der Waals surface area contributed by atoms with Gasteiger partial charge in [0.1, 0.15) is 0 Å². The van der Waals surface area contributed by atoms with Crippen molar-refractivity contribution in [2.45, 2.75) is 26.2 Å². The Kier molecular flexibility index (Phi) is 3.53. The lowest BCUT2D eigenvalue weighted by Crippen LogP contribution is -2.33. The molecule has 1 rings (SSSR count). The van der Waals surface area contributed by atoms with Crippen molar-refractivity contribution in [1.29, 1.82) is 0 Å². The molecule has 0 amide bonds. The van der Waals surface area contributed by atoms with E-state index in [9.17, 15) is 4.79 Å². The molecule has 0 unspecified atom stereocenters. The lowest BCUT2D eigenvalue weighted by Gasteiger charge is -2.27. The molecule has 0 spiro atoms. The van der Waals surface area contributed by atoms with Crippen molar-refractivity contribution in [3.8, 4) is 0 Å². The van der Waals surface area contributed by atoms with E-state index < -0.39 is 5.97 Å². The van der Waals surface area contributed by atoms with E-state index in [2.05, 4.69) is 5.32 Å². The van der Waals surface area contributed by atoms with Gasteiger partial charge in [-0.15, -0.1) is 0 Å². The summed E-state index contributed by atoms with van der Waals surface area (Å²) in [6.45, 7) is 4.12. The summed E-state index contributed by atoms with van der Waals surface area (Å²) >= 11 is 0. The van der Waals surface area contributed by atoms with Crippen LogP contribution in [0.15, 0.2) is 0 Å². The lowest BCUT2D eigenvalue weighted by atomic mass is 9.85. The molecule has 2 atom stereocenters. The van der Waals surface area contributed by atoms with Crippen LogP contribution in [0.1, 0.15) is 26.2 Å². The van der Waals surface area contributed by atoms with Gasteiger partial charge in [0.25, 0.3) is 0 Å². The van der Waals surface area contributed by atoms with E-state index in [0.717, 1.165) is 13.1 Å². The Balaban J connectivity index is 2.29. The van der Waals surface area contributed by atoms with Crippen molar-refractivity contribution in [3.05, 3.63) is 0 Å². The van der Waals surface area contributed by atoms with E-state index in [4.69, 9.17) is 5.11 Å². The Morgan fingerprint density at radius 3 is 3.00 bits per heavy atom. The first-order chi connectivity index (χ1) is 5.70. The van der Waals surface area contributed by atoms with Gasteiger partial charge in [0.15, 0.2) is 0 Å². The molecule has 3 nitrogen and oxygen atoms in total. The van der Waals surface area contributed by atoms with Gasteiger partial charge in [-0.3, -0.25) is 4.79 Å². The Morgan fingerprint density at radius 2 is 2.50 bits per heavy atom. The summed E-state index contributed by atoms with van der Waals surface area (Å²) in [6.07, 6.45) is 2.68. The first kappa shape index (κ1) is 9.52. The molecule has 70 valence electrons. The summed E-state index contributed by atoms with van der Waals surface area (Å²) in [5, 5.41) is 11.9. The van der Waals surface area contributed by atoms with Gasteiger partial charge in [-0.1, -0.05) is 6.92 Å². The summed E-state index contributed by atoms with van der Waals surface area (Å²) in [5.41, 5.74) is 0. The molecule has 0 radical (unpaired) electrons. The molecule has 0 aromatic rings. The Hall–Kier alpha value is -0.570. The molecule has 12 heavy (non-hydrogen) atoms. The minimum absolute atomic E-state index is 0.312. The van der Waals surface area contributed by atoms with Crippen LogP contribution in [0.25, 0.3) is 0 Å². The van der Waals surface area contributed by atoms with Gasteiger partial charge in [-0.2, -0.15) is 0 Å². The van der Waals surface area contributed by atoms with Crippen molar-refractivity contribution in [2.24, 2.45) is 11.8 Å². The normalized spacial score (nSPS) is 26.6. The first-order valence-corrected chi connectivity index (χ1v) is 4.62. The van der Waals surface area contributed by atoms with Crippen LogP contribution in [0.3, 0.4) is 0 Å². The number of hydrogen-bond donors (Lipinski definition) is 2. The van der Waals surface area contributed by atoms with Crippen LogP contribution < -0.4 is 5.32 Å². The highest BCUT2D eigenvalue weighted by molar-refractivity contribution is 5.66. The van der Waals surface area contributed by atoms with Gasteiger partial charge in [-0.05, 0) is 37.8 Å². The van der Waals surface area contributed by atoms with Crippen LogP contribution in [0.5, 0.6) is 0 Å². The number of carboxylic acids is 1. The zero-order valence-corrected chi connectivity index (χ0v) is 7.55. The zero-order valence-electron chi connectivity index (χ0n) is 7.55. The average Bonchev–Trinajstić information content (AvgIpc) is 2.05. The van der Waals surface area contributed by atoms with Gasteiger partial charge in [0.05, 0.1) is 0 Å². The number of carboxylic acid groups (broad SMARTS) is 1. The topological polar surface area (TPSA) is 49.3 Å². The average molecular weight is 171 g/mol. The van der Waals surface area contributed by atoms with Crippen LogP contribution in [0.2, 0.25) is 0 Å². The lowest BCUT2D eigenvalue weighted by molar-refractivity contribution is -0.138. The molecular weight excluding hydrogens is 154 g/mol. The quantitative estimate of drug-likeness (QED) is 0.668. The summed E-state index contributed by atoms with van der Waals surface area (Å²) in [4.78, 5) is 10.4. The molecule has 1 aliphatic rings. The van der Waals surface area contributed by atoms with Crippen LogP contribution in [0.4, 0.5) is 0 Å². The monoisotopic (exact) mass is 171 g/mol. The number of aliphatic carboxylic acids is 1. The highest BCUT2D eigenvalue weighted by Crippen LogP contribution is 2.22. The van der Waals surface area contributed by atoms with Gasteiger partial charge in [-0.25, -0.2) is 0 Å². The highest BCUT2D eigenvalue weighted by atomic mass is 16.4. The molecule has 1 saturated heterocycles. The Labute approximate surface area is 73.2 Å². The summed E-state index contributed by atoms with van der Waals surface area (Å²) in [7, 11) is 0. The van der Waals surface area contributed by atoms with Crippen LogP contribution in [0, 0.1) is 11.8 Å². The standard InChI is InChI=1S/C9H17NO2/c1-7(5-9(11)12)8-3-2-4-10-6-8/h7-8,10H,2-6H2,1H3,(H,11,12)/t7-,8-/m0/s1. The van der Waals surface area contributed by atoms with Gasteiger partial charge in [0.2, 0.25) is 0 Å². The largest absolute Gasteiger partial charge is 0.481 e. The Morgan fingerprint density at radius 1 is 1.75 bits per heavy atom. The van der Waals surface area contributed by atoms with Crippen molar-refractivity contribution < 1.29 is 9.90 Å². The second-order valence-corrected chi connectivity index (χ2v) is 3.68. The number of carbonyl (C=O) groups is 1. The highest BCUT2D eigenvalue weighted by Gasteiger charge is 2.21. The molecule has 0 bridgehead atoms. The van der Waals surface area contributed by atoms with E-state index >= 15 is 0 Å². The second kappa shape index (κ2) is 4.45. The Bertz CT molecular complexity index is 153. The molecule has 1 aliphatic heterocycles. The van der Waals surface area contributed by atoms with E-state index in [1.807, 2.05) is 6.92 Å². The number of hydrogen-bond acceptors (Lipinski definition) is 2. The molecule has 1 heterocycles. The SMILES string of the molecule is C[C@@H](CC(=O)O)[C@H]1CCCNC1. The molecule has 0 saturated carbocycles. The predicted molar refractivity (Wildman–Crippen MR) is 47.0 cm³/mol. The van der Waals surface area contributed by atoms with Crippen LogP contribution in [-0.2, 0) is 4.79 Å². The molecule has 2 N–H and O–H groups in total. The van der Waals surface area contributed by atoms with Crippen LogP contribution in [-0.4, -0.2) is 24.2 Å². The first-order valence-electron chi connectivity index (χ1n) is 4.62. The maximum Gasteiger partial charge on any atom is 0.303 e. The minimum atomic E-state index is -0.673. The molecular formula is C9H17NO2. The molecule has 0 aromatic carbocycles. The van der Waals surface area contributed by atoms with Gasteiger partial charge < -0.3 is 10.4 Å². The summed E-state index contributed by atoms with van der Waals surface area (Å²) in [6, 6.07) is 0. The van der Waals surface area contributed by atoms with Crippen molar-refractivity contribution in [2.75, 3.05) is 13.1 Å². The maximum absolute atomic E-state index is 10.4. The molecule has 0 aromatic heterocycles. The summed E-state index contributed by atoms with van der Waals surface area (Å²) < 4.78 is 0. The van der Waals surface area contributed by atoms with Crippen molar-refractivity contribution in [1.82, 2.24) is 5.32 Å². The van der Waals surface area contributed by atoms with E-state index in [1.54, 1.807) is 0 Å². The molecule has 0 aliphatic carbocycles. The van der Waals surface area contributed by atoms with E-state index in [1.165, 1.54) is 12.8 Å². The fourth-order valence-electron chi connectivity index (χ4n) is 1.81. The van der Waals surface area contributed by atoms with Crippen LogP contribution >= 0.6 is 0 Å². The van der Waals surface area contributed by atoms with E-state index in [0.29, 0.717) is 18.3 Å². The predicted octanol–water partition coefficient (Wildman–Crippen LogP) is 1.10. The van der Waals surface area contributed by atoms with E-state index in [-0.39, 0.29) is 0 Å². The third-order valence-electron chi connectivity index (χ3n) is 2.64.